The van der Waals surface area contributed by atoms with Crippen molar-refractivity contribution in [1.29, 1.82) is 0 Å². The van der Waals surface area contributed by atoms with Crippen molar-refractivity contribution >= 4 is 17.5 Å². The van der Waals surface area contributed by atoms with Crippen LogP contribution in [0.15, 0.2) is 29.3 Å². The number of rotatable bonds is 9. The van der Waals surface area contributed by atoms with Gasteiger partial charge in [0.2, 0.25) is 30.0 Å². The molecule has 3 aromatic rings. The fourth-order valence-corrected chi connectivity index (χ4v) is 7.20. The lowest BCUT2D eigenvalue weighted by Gasteiger charge is -2.33. The second-order valence-corrected chi connectivity index (χ2v) is 13.1. The molecule has 3 aromatic heterocycles. The summed E-state index contributed by atoms with van der Waals surface area (Å²) in [6.07, 6.45) is 1.78. The smallest absolute Gasteiger partial charge is 0.408 e. The molecule has 2 amide bonds. The topological polar surface area (TPSA) is 127 Å². The molecule has 4 heterocycles. The van der Waals surface area contributed by atoms with Gasteiger partial charge in [-0.05, 0) is 74.3 Å². The predicted octanol–water partition coefficient (Wildman–Crippen LogP) is 4.36. The number of hydrogen-bond acceptors (Lipinski definition) is 7. The van der Waals surface area contributed by atoms with Crippen LogP contribution < -0.4 is 10.6 Å². The molecular weight excluding hydrogens is 589 g/mol. The minimum atomic E-state index is -4.63. The number of nitrogens with one attached hydrogen (secondary N) is 2. The molecule has 0 aromatic carbocycles. The first-order valence-electron chi connectivity index (χ1n) is 15.0. The van der Waals surface area contributed by atoms with Crippen LogP contribution in [0.1, 0.15) is 74.6 Å². The summed E-state index contributed by atoms with van der Waals surface area (Å²) < 4.78 is 75.6. The fourth-order valence-electron chi connectivity index (χ4n) is 7.20. The van der Waals surface area contributed by atoms with E-state index in [1.54, 1.807) is 12.3 Å². The molecule has 1 aliphatic heterocycles. The fraction of sp³-hybridized carbons (Fsp3) is 0.655. The highest BCUT2D eigenvalue weighted by atomic mass is 19.4. The third kappa shape index (κ3) is 5.76. The number of imidazole rings is 1. The largest absolute Gasteiger partial charge is 0.428 e. The number of carbonyl (C=O) groups excluding carboxylic acids is 2. The molecule has 4 aliphatic rings. The molecule has 10 nitrogen and oxygen atoms in total. The van der Waals surface area contributed by atoms with E-state index in [-0.39, 0.29) is 62.2 Å². The van der Waals surface area contributed by atoms with Gasteiger partial charge in [-0.1, -0.05) is 0 Å². The van der Waals surface area contributed by atoms with E-state index in [9.17, 15) is 31.5 Å². The van der Waals surface area contributed by atoms with Crippen LogP contribution in [0.5, 0.6) is 0 Å². The monoisotopic (exact) mass is 621 g/mol. The molecule has 2 N–H and O–H groups in total. The molecule has 1 saturated heterocycles. The van der Waals surface area contributed by atoms with Gasteiger partial charge in [0.15, 0.2) is 5.65 Å². The lowest BCUT2D eigenvalue weighted by molar-refractivity contribution is -0.155. The summed E-state index contributed by atoms with van der Waals surface area (Å²) in [6.45, 7) is 0. The molecule has 0 radical (unpaired) electrons. The van der Waals surface area contributed by atoms with Crippen LogP contribution in [-0.2, 0) is 22.4 Å². The third-order valence-corrected chi connectivity index (χ3v) is 9.86. The summed E-state index contributed by atoms with van der Waals surface area (Å²) in [5.74, 6) is -2.86. The normalized spacial score (nSPS) is 29.5. The van der Waals surface area contributed by atoms with Gasteiger partial charge in [0.1, 0.15) is 6.04 Å². The van der Waals surface area contributed by atoms with Crippen LogP contribution >= 0.6 is 0 Å². The Balaban J connectivity index is 1.15. The molecule has 3 saturated carbocycles. The standard InChI is InChI=1S/C29H32F5N7O3/c30-28(31)5-3-17(4-6-28)24(39-25(42)19-8-18(19)16-1-2-16)20-13-41-22(37-20)7-15(12-36-41)9-27(11-23-40-35-14-44-23)10-21(29(32,33)34)38-26(27)43/h7,12-14,16-19,21,24H,1-6,8-11H2,(H,38,43)(H,39,42)/t18-,19+,21+,24+,27+/m1/s1. The molecule has 5 atom stereocenters. The molecule has 0 spiro atoms. The van der Waals surface area contributed by atoms with Crippen LogP contribution in [0, 0.1) is 29.1 Å². The third-order valence-electron chi connectivity index (χ3n) is 9.86. The van der Waals surface area contributed by atoms with Gasteiger partial charge in [0.25, 0.3) is 0 Å². The Hall–Kier alpha value is -3.65. The average Bonchev–Trinajstić information content (AvgIpc) is 3.83. The molecular formula is C29H32F5N7O3. The maximum atomic E-state index is 14.0. The zero-order valence-corrected chi connectivity index (χ0v) is 23.7. The summed E-state index contributed by atoms with van der Waals surface area (Å²) in [5, 5.41) is 17.0. The second kappa shape index (κ2) is 10.5. The van der Waals surface area contributed by atoms with E-state index >= 15 is 0 Å². The van der Waals surface area contributed by atoms with E-state index in [0.29, 0.717) is 28.7 Å². The van der Waals surface area contributed by atoms with Crippen LogP contribution in [0.3, 0.4) is 0 Å². The van der Waals surface area contributed by atoms with E-state index < -0.39 is 41.9 Å². The average molecular weight is 622 g/mol. The SMILES string of the molecule is O=C(N[C@H](c1cn2ncc(C[C@@]3(Cc4nnco4)C[C@@H](C(F)(F)F)NC3=O)cc2n1)C1CCC(F)(F)CC1)[C@H]1C[C@@H]1C1CC1. The van der Waals surface area contributed by atoms with E-state index in [2.05, 4.69) is 25.9 Å². The maximum Gasteiger partial charge on any atom is 0.408 e. The first kappa shape index (κ1) is 29.1. The van der Waals surface area contributed by atoms with Crippen LogP contribution in [0.4, 0.5) is 22.0 Å². The lowest BCUT2D eigenvalue weighted by atomic mass is 9.76. The zero-order valence-electron chi connectivity index (χ0n) is 23.7. The molecule has 15 heteroatoms. The van der Waals surface area contributed by atoms with Gasteiger partial charge in [0.05, 0.1) is 29.5 Å². The van der Waals surface area contributed by atoms with E-state index in [0.717, 1.165) is 25.7 Å². The van der Waals surface area contributed by atoms with Crippen molar-refractivity contribution in [2.24, 2.45) is 29.1 Å². The second-order valence-electron chi connectivity index (χ2n) is 13.1. The number of aromatic nitrogens is 5. The highest BCUT2D eigenvalue weighted by Crippen LogP contribution is 2.54. The maximum absolute atomic E-state index is 14.0. The van der Waals surface area contributed by atoms with Gasteiger partial charge >= 0.3 is 6.18 Å². The summed E-state index contributed by atoms with van der Waals surface area (Å²) in [7, 11) is 0. The Morgan fingerprint density at radius 2 is 1.95 bits per heavy atom. The van der Waals surface area contributed by atoms with Crippen LogP contribution in [-0.4, -0.2) is 54.8 Å². The molecule has 0 bridgehead atoms. The van der Waals surface area contributed by atoms with Crippen molar-refractivity contribution in [2.45, 2.75) is 88.4 Å². The van der Waals surface area contributed by atoms with Crippen molar-refractivity contribution in [3.63, 3.8) is 0 Å². The quantitative estimate of drug-likeness (QED) is 0.340. The Bertz CT molecular complexity index is 1550. The Morgan fingerprint density at radius 1 is 1.18 bits per heavy atom. The van der Waals surface area contributed by atoms with Crippen molar-refractivity contribution in [3.8, 4) is 0 Å². The summed E-state index contributed by atoms with van der Waals surface area (Å²) in [5.41, 5.74) is -0.207. The molecule has 236 valence electrons. The van der Waals surface area contributed by atoms with Gasteiger partial charge in [0, 0.05) is 25.2 Å². The summed E-state index contributed by atoms with van der Waals surface area (Å²) >= 11 is 0. The first-order chi connectivity index (χ1) is 20.9. The number of nitrogens with zero attached hydrogens (tertiary/aromatic N) is 5. The number of amides is 2. The molecule has 7 rings (SSSR count). The van der Waals surface area contributed by atoms with Crippen molar-refractivity contribution < 1.29 is 36.0 Å². The molecule has 4 fully saturated rings. The molecule has 3 aliphatic carbocycles. The predicted molar refractivity (Wildman–Crippen MR) is 142 cm³/mol. The number of alkyl halides is 5. The number of halogens is 5. The van der Waals surface area contributed by atoms with Gasteiger partial charge in [-0.3, -0.25) is 9.59 Å². The number of fused-ring (bicyclic) bond motifs is 1. The molecule has 44 heavy (non-hydrogen) atoms. The lowest BCUT2D eigenvalue weighted by Crippen LogP contribution is -2.39. The van der Waals surface area contributed by atoms with E-state index in [1.165, 1.54) is 10.7 Å². The van der Waals surface area contributed by atoms with E-state index in [1.807, 2.05) is 0 Å². The number of carbonyl (C=O) groups is 2. The highest BCUT2D eigenvalue weighted by molar-refractivity contribution is 5.86. The zero-order chi connectivity index (χ0) is 30.9. The van der Waals surface area contributed by atoms with Crippen LogP contribution in [0.25, 0.3) is 5.65 Å². The Morgan fingerprint density at radius 3 is 2.61 bits per heavy atom. The van der Waals surface area contributed by atoms with Gasteiger partial charge in [-0.25, -0.2) is 18.3 Å². The Labute approximate surface area is 248 Å². The summed E-state index contributed by atoms with van der Waals surface area (Å²) in [6, 6.07) is -0.967. The van der Waals surface area contributed by atoms with E-state index in [4.69, 9.17) is 9.40 Å². The van der Waals surface area contributed by atoms with Crippen molar-refractivity contribution in [3.05, 3.63) is 42.0 Å². The minimum Gasteiger partial charge on any atom is -0.428 e. The number of hydrogen-bond donors (Lipinski definition) is 2. The van der Waals surface area contributed by atoms with Crippen molar-refractivity contribution in [2.75, 3.05) is 0 Å². The van der Waals surface area contributed by atoms with Gasteiger partial charge in [-0.2, -0.15) is 18.3 Å². The Kier molecular flexibility index (Phi) is 6.92. The van der Waals surface area contributed by atoms with Gasteiger partial charge in [-0.15, -0.1) is 10.2 Å². The first-order valence-corrected chi connectivity index (χ1v) is 15.0. The van der Waals surface area contributed by atoms with Crippen molar-refractivity contribution in [1.82, 2.24) is 35.4 Å². The van der Waals surface area contributed by atoms with Crippen LogP contribution in [0.2, 0.25) is 0 Å². The molecule has 0 unspecified atom stereocenters. The van der Waals surface area contributed by atoms with Gasteiger partial charge < -0.3 is 15.1 Å². The minimum absolute atomic E-state index is 0.0383. The highest BCUT2D eigenvalue weighted by Gasteiger charge is 2.56. The summed E-state index contributed by atoms with van der Waals surface area (Å²) in [4.78, 5) is 31.0.